The molecule has 0 unspecified atom stereocenters. The number of fused-ring (bicyclic) bond motifs is 1. The van der Waals surface area contributed by atoms with E-state index in [1.807, 2.05) is 31.2 Å². The SMILES string of the molecule is C[C@@H]1CN(c2nc3cc(Cl)ccc3cc2C#N)CCO1. The molecule has 2 heterocycles. The van der Waals surface area contributed by atoms with Crippen molar-refractivity contribution in [3.63, 3.8) is 0 Å². The van der Waals surface area contributed by atoms with Crippen molar-refractivity contribution in [2.45, 2.75) is 13.0 Å². The first kappa shape index (κ1) is 13.2. The van der Waals surface area contributed by atoms with Crippen LogP contribution < -0.4 is 4.90 Å². The molecule has 4 nitrogen and oxygen atoms in total. The highest BCUT2D eigenvalue weighted by Crippen LogP contribution is 2.26. The third-order valence-electron chi connectivity index (χ3n) is 3.42. The van der Waals surface area contributed by atoms with E-state index in [2.05, 4.69) is 16.0 Å². The predicted molar refractivity (Wildman–Crippen MR) is 79.1 cm³/mol. The molecule has 0 N–H and O–H groups in total. The number of pyridine rings is 1. The molecule has 1 aromatic heterocycles. The first-order chi connectivity index (χ1) is 9.67. The molecule has 3 rings (SSSR count). The number of hydrogen-bond acceptors (Lipinski definition) is 4. The van der Waals surface area contributed by atoms with Gasteiger partial charge in [-0.3, -0.25) is 0 Å². The van der Waals surface area contributed by atoms with Crippen molar-refractivity contribution >= 4 is 28.3 Å². The van der Waals surface area contributed by atoms with Gasteiger partial charge in [0.2, 0.25) is 0 Å². The van der Waals surface area contributed by atoms with Crippen molar-refractivity contribution in [3.05, 3.63) is 34.9 Å². The Morgan fingerprint density at radius 1 is 1.45 bits per heavy atom. The van der Waals surface area contributed by atoms with Crippen LogP contribution in [0.2, 0.25) is 5.02 Å². The number of anilines is 1. The van der Waals surface area contributed by atoms with Gasteiger partial charge in [0.1, 0.15) is 11.9 Å². The fraction of sp³-hybridized carbons (Fsp3) is 0.333. The summed E-state index contributed by atoms with van der Waals surface area (Å²) < 4.78 is 5.54. The summed E-state index contributed by atoms with van der Waals surface area (Å²) in [7, 11) is 0. The van der Waals surface area contributed by atoms with Crippen molar-refractivity contribution in [3.8, 4) is 6.07 Å². The molecule has 1 fully saturated rings. The summed E-state index contributed by atoms with van der Waals surface area (Å²) in [5.41, 5.74) is 1.40. The van der Waals surface area contributed by atoms with E-state index in [1.54, 1.807) is 0 Å². The maximum atomic E-state index is 9.36. The van der Waals surface area contributed by atoms with Gasteiger partial charge in [0.05, 0.1) is 23.8 Å². The molecule has 2 aromatic rings. The molecule has 0 spiro atoms. The number of hydrogen-bond donors (Lipinski definition) is 0. The van der Waals surface area contributed by atoms with E-state index in [0.29, 0.717) is 17.2 Å². The quantitative estimate of drug-likeness (QED) is 0.809. The van der Waals surface area contributed by atoms with Crippen LogP contribution in [0.1, 0.15) is 12.5 Å². The number of morpholine rings is 1. The Bertz CT molecular complexity index is 695. The summed E-state index contributed by atoms with van der Waals surface area (Å²) in [6.45, 7) is 4.17. The number of halogens is 1. The van der Waals surface area contributed by atoms with E-state index in [1.165, 1.54) is 0 Å². The van der Waals surface area contributed by atoms with E-state index in [0.717, 1.165) is 29.8 Å². The second-order valence-electron chi connectivity index (χ2n) is 4.94. The number of ether oxygens (including phenoxy) is 1. The molecule has 0 amide bonds. The molecule has 20 heavy (non-hydrogen) atoms. The summed E-state index contributed by atoms with van der Waals surface area (Å²) >= 11 is 6.02. The Kier molecular flexibility index (Phi) is 3.47. The Balaban J connectivity index is 2.10. The van der Waals surface area contributed by atoms with Gasteiger partial charge in [-0.15, -0.1) is 0 Å². The third kappa shape index (κ3) is 2.43. The minimum atomic E-state index is 0.146. The maximum absolute atomic E-state index is 9.36. The molecule has 1 atom stereocenters. The lowest BCUT2D eigenvalue weighted by molar-refractivity contribution is 0.0529. The van der Waals surface area contributed by atoms with Gasteiger partial charge in [0.15, 0.2) is 0 Å². The zero-order valence-corrected chi connectivity index (χ0v) is 11.9. The number of aromatic nitrogens is 1. The van der Waals surface area contributed by atoms with Crippen LogP contribution in [0, 0.1) is 11.3 Å². The highest BCUT2D eigenvalue weighted by atomic mass is 35.5. The standard InChI is InChI=1S/C15H14ClN3O/c1-10-9-19(4-5-20-10)15-12(8-17)6-11-2-3-13(16)7-14(11)18-15/h2-3,6-7,10H,4-5,9H2,1H3/t10-/m1/s1. The highest BCUT2D eigenvalue weighted by molar-refractivity contribution is 6.31. The summed E-state index contributed by atoms with van der Waals surface area (Å²) in [6, 6.07) is 9.63. The summed E-state index contributed by atoms with van der Waals surface area (Å²) in [4.78, 5) is 6.73. The molecule has 5 heteroatoms. The second-order valence-corrected chi connectivity index (χ2v) is 5.37. The van der Waals surface area contributed by atoms with E-state index < -0.39 is 0 Å². The number of benzene rings is 1. The fourth-order valence-corrected chi connectivity index (χ4v) is 2.63. The molecule has 1 aliphatic heterocycles. The lowest BCUT2D eigenvalue weighted by Crippen LogP contribution is -2.41. The number of nitriles is 1. The van der Waals surface area contributed by atoms with E-state index in [-0.39, 0.29) is 6.10 Å². The van der Waals surface area contributed by atoms with Gasteiger partial charge in [-0.05, 0) is 25.1 Å². The second kappa shape index (κ2) is 5.28. The lowest BCUT2D eigenvalue weighted by atomic mass is 10.1. The molecule has 1 saturated heterocycles. The minimum Gasteiger partial charge on any atom is -0.375 e. The molecule has 0 saturated carbocycles. The topological polar surface area (TPSA) is 49.2 Å². The molecule has 0 aliphatic carbocycles. The van der Waals surface area contributed by atoms with Gasteiger partial charge in [0, 0.05) is 23.5 Å². The summed E-state index contributed by atoms with van der Waals surface area (Å²) in [5, 5.41) is 10.9. The maximum Gasteiger partial charge on any atom is 0.147 e. The lowest BCUT2D eigenvalue weighted by Gasteiger charge is -2.32. The van der Waals surface area contributed by atoms with Crippen molar-refractivity contribution in [1.82, 2.24) is 4.98 Å². The average molecular weight is 288 g/mol. The molecule has 1 aliphatic rings. The van der Waals surface area contributed by atoms with Gasteiger partial charge >= 0.3 is 0 Å². The number of nitrogens with zero attached hydrogens (tertiary/aromatic N) is 3. The van der Waals surface area contributed by atoms with Crippen LogP contribution in [0.4, 0.5) is 5.82 Å². The summed E-state index contributed by atoms with van der Waals surface area (Å²) in [5.74, 6) is 0.720. The third-order valence-corrected chi connectivity index (χ3v) is 3.66. The first-order valence-electron chi connectivity index (χ1n) is 6.54. The normalized spacial score (nSPS) is 19.1. The molecule has 1 aromatic carbocycles. The van der Waals surface area contributed by atoms with Crippen LogP contribution in [-0.4, -0.2) is 30.8 Å². The van der Waals surface area contributed by atoms with Crippen LogP contribution in [0.15, 0.2) is 24.3 Å². The Morgan fingerprint density at radius 3 is 3.05 bits per heavy atom. The first-order valence-corrected chi connectivity index (χ1v) is 6.92. The van der Waals surface area contributed by atoms with Gasteiger partial charge < -0.3 is 9.64 Å². The van der Waals surface area contributed by atoms with Crippen molar-refractivity contribution in [2.24, 2.45) is 0 Å². The van der Waals surface area contributed by atoms with Crippen LogP contribution in [-0.2, 0) is 4.74 Å². The van der Waals surface area contributed by atoms with Crippen LogP contribution >= 0.6 is 11.6 Å². The van der Waals surface area contributed by atoms with Gasteiger partial charge in [-0.2, -0.15) is 5.26 Å². The fourth-order valence-electron chi connectivity index (χ4n) is 2.46. The van der Waals surface area contributed by atoms with Crippen LogP contribution in [0.25, 0.3) is 10.9 Å². The van der Waals surface area contributed by atoms with Crippen molar-refractivity contribution in [1.29, 1.82) is 5.26 Å². The number of rotatable bonds is 1. The smallest absolute Gasteiger partial charge is 0.147 e. The monoisotopic (exact) mass is 287 g/mol. The van der Waals surface area contributed by atoms with Crippen molar-refractivity contribution < 1.29 is 4.74 Å². The highest BCUT2D eigenvalue weighted by Gasteiger charge is 2.21. The van der Waals surface area contributed by atoms with E-state index >= 15 is 0 Å². The van der Waals surface area contributed by atoms with Gasteiger partial charge in [-0.25, -0.2) is 4.98 Å². The Hall–Kier alpha value is -1.83. The molecule has 0 bridgehead atoms. The zero-order chi connectivity index (χ0) is 14.1. The zero-order valence-electron chi connectivity index (χ0n) is 11.1. The van der Waals surface area contributed by atoms with Gasteiger partial charge in [0.25, 0.3) is 0 Å². The molecule has 102 valence electrons. The molecular formula is C15H14ClN3O. The molecule has 0 radical (unpaired) electrons. The summed E-state index contributed by atoms with van der Waals surface area (Å²) in [6.07, 6.45) is 0.146. The van der Waals surface area contributed by atoms with Crippen molar-refractivity contribution in [2.75, 3.05) is 24.6 Å². The largest absolute Gasteiger partial charge is 0.375 e. The van der Waals surface area contributed by atoms with Crippen LogP contribution in [0.5, 0.6) is 0 Å². The Labute approximate surface area is 122 Å². The predicted octanol–water partition coefficient (Wildman–Crippen LogP) is 2.98. The van der Waals surface area contributed by atoms with Crippen LogP contribution in [0.3, 0.4) is 0 Å². The van der Waals surface area contributed by atoms with Gasteiger partial charge in [-0.1, -0.05) is 17.7 Å². The minimum absolute atomic E-state index is 0.146. The van der Waals surface area contributed by atoms with E-state index in [4.69, 9.17) is 16.3 Å². The average Bonchev–Trinajstić information content (AvgIpc) is 2.45. The Morgan fingerprint density at radius 2 is 2.30 bits per heavy atom. The molecular weight excluding hydrogens is 274 g/mol. The van der Waals surface area contributed by atoms with E-state index in [9.17, 15) is 5.26 Å².